The zero-order chi connectivity index (χ0) is 23.3. The minimum absolute atomic E-state index is 0.625. The molecule has 1 aliphatic rings. The lowest BCUT2D eigenvalue weighted by atomic mass is 9.77. The minimum atomic E-state index is 0.625. The van der Waals surface area contributed by atoms with Crippen LogP contribution in [0.3, 0.4) is 0 Å². The van der Waals surface area contributed by atoms with E-state index in [1.54, 1.807) is 5.56 Å². The van der Waals surface area contributed by atoms with E-state index in [1.165, 1.54) is 94.6 Å². The van der Waals surface area contributed by atoms with Crippen LogP contribution in [-0.4, -0.2) is 6.61 Å². The fourth-order valence-corrected chi connectivity index (χ4v) is 5.40. The van der Waals surface area contributed by atoms with Crippen LogP contribution in [0.2, 0.25) is 0 Å². The Bertz CT molecular complexity index is 752. The Hall–Kier alpha value is -1.76. The highest BCUT2D eigenvalue weighted by Gasteiger charge is 2.22. The predicted molar refractivity (Wildman–Crippen MR) is 144 cm³/mol. The monoisotopic (exact) mass is 448 g/mol. The van der Waals surface area contributed by atoms with Crippen molar-refractivity contribution in [2.75, 3.05) is 6.61 Å². The lowest BCUT2D eigenvalue weighted by Crippen LogP contribution is -2.13. The highest BCUT2D eigenvalue weighted by Crippen LogP contribution is 2.38. The first kappa shape index (κ1) is 25.9. The van der Waals surface area contributed by atoms with Crippen LogP contribution in [0.5, 0.6) is 5.75 Å². The van der Waals surface area contributed by atoms with Gasteiger partial charge in [0.2, 0.25) is 0 Å². The topological polar surface area (TPSA) is 9.23 Å². The lowest BCUT2D eigenvalue weighted by Gasteiger charge is -2.29. The molecule has 1 heteroatoms. The quantitative estimate of drug-likeness (QED) is 0.261. The Morgan fingerprint density at radius 1 is 0.727 bits per heavy atom. The van der Waals surface area contributed by atoms with Crippen LogP contribution in [0.4, 0.5) is 0 Å². The number of ether oxygens (including phenoxy) is 1. The maximum atomic E-state index is 6.03. The van der Waals surface area contributed by atoms with Crippen molar-refractivity contribution in [2.24, 2.45) is 11.8 Å². The number of rotatable bonds is 14. The van der Waals surface area contributed by atoms with Gasteiger partial charge in [-0.05, 0) is 78.7 Å². The molecule has 0 aliphatic heterocycles. The summed E-state index contributed by atoms with van der Waals surface area (Å²) >= 11 is 0. The first-order valence-corrected chi connectivity index (χ1v) is 14.0. The van der Waals surface area contributed by atoms with Crippen molar-refractivity contribution in [1.29, 1.82) is 0 Å². The average molecular weight is 449 g/mol. The van der Waals surface area contributed by atoms with Crippen LogP contribution >= 0.6 is 0 Å². The molecule has 0 heterocycles. The smallest absolute Gasteiger partial charge is 0.119 e. The third kappa shape index (κ3) is 8.84. The molecule has 3 rings (SSSR count). The van der Waals surface area contributed by atoms with Crippen LogP contribution in [0, 0.1) is 11.8 Å². The van der Waals surface area contributed by atoms with Crippen LogP contribution < -0.4 is 4.74 Å². The van der Waals surface area contributed by atoms with Gasteiger partial charge in [0.25, 0.3) is 0 Å². The Balaban J connectivity index is 1.43. The second-order valence-electron chi connectivity index (χ2n) is 10.6. The van der Waals surface area contributed by atoms with Crippen molar-refractivity contribution in [3.8, 4) is 16.9 Å². The molecule has 182 valence electrons. The number of unbranched alkanes of at least 4 members (excludes halogenated alkanes) is 5. The molecular weight excluding hydrogens is 400 g/mol. The maximum absolute atomic E-state index is 6.03. The van der Waals surface area contributed by atoms with E-state index in [9.17, 15) is 0 Å². The second kappa shape index (κ2) is 14.5. The molecule has 1 aliphatic carbocycles. The van der Waals surface area contributed by atoms with Crippen LogP contribution in [0.15, 0.2) is 48.5 Å². The fourth-order valence-electron chi connectivity index (χ4n) is 5.40. The second-order valence-corrected chi connectivity index (χ2v) is 10.6. The van der Waals surface area contributed by atoms with E-state index < -0.39 is 0 Å². The molecule has 1 unspecified atom stereocenters. The Morgan fingerprint density at radius 2 is 1.33 bits per heavy atom. The molecular formula is C32H48O. The van der Waals surface area contributed by atoms with Gasteiger partial charge in [-0.2, -0.15) is 0 Å². The van der Waals surface area contributed by atoms with Crippen molar-refractivity contribution in [2.45, 2.75) is 110 Å². The first-order chi connectivity index (χ1) is 16.2. The third-order valence-corrected chi connectivity index (χ3v) is 7.72. The van der Waals surface area contributed by atoms with Crippen molar-refractivity contribution in [3.63, 3.8) is 0 Å². The molecule has 0 aromatic heterocycles. The molecule has 0 N–H and O–H groups in total. The summed E-state index contributed by atoms with van der Waals surface area (Å²) < 4.78 is 6.03. The van der Waals surface area contributed by atoms with Crippen molar-refractivity contribution >= 4 is 0 Å². The largest absolute Gasteiger partial charge is 0.493 e. The van der Waals surface area contributed by atoms with Gasteiger partial charge in [0.1, 0.15) is 5.75 Å². The zero-order valence-electron chi connectivity index (χ0n) is 21.7. The summed E-state index contributed by atoms with van der Waals surface area (Å²) in [6.07, 6.45) is 17.9. The van der Waals surface area contributed by atoms with Gasteiger partial charge >= 0.3 is 0 Å². The highest BCUT2D eigenvalue weighted by atomic mass is 16.5. The summed E-state index contributed by atoms with van der Waals surface area (Å²) in [7, 11) is 0. The van der Waals surface area contributed by atoms with E-state index in [0.717, 1.165) is 24.2 Å². The normalized spacial score (nSPS) is 19.4. The molecule has 1 nitrogen and oxygen atoms in total. The van der Waals surface area contributed by atoms with Crippen molar-refractivity contribution < 1.29 is 4.74 Å². The highest BCUT2D eigenvalue weighted by molar-refractivity contribution is 5.64. The molecule has 1 fully saturated rings. The van der Waals surface area contributed by atoms with Crippen LogP contribution in [-0.2, 0) is 0 Å². The molecule has 0 bridgehead atoms. The standard InChI is InChI=1S/C32H48O/c1-4-6-8-10-12-27-13-15-28(16-14-27)29-17-19-30(20-18-29)31-21-23-32(24-22-31)33-25-26(3)11-9-7-5-2/h17-24,26-28H,4-16,25H2,1-3H3. The lowest BCUT2D eigenvalue weighted by molar-refractivity contribution is 0.249. The van der Waals surface area contributed by atoms with Crippen LogP contribution in [0.25, 0.3) is 11.1 Å². The summed E-state index contributed by atoms with van der Waals surface area (Å²) in [5, 5.41) is 0. The van der Waals surface area contributed by atoms with Gasteiger partial charge in [-0.1, -0.05) is 109 Å². The molecule has 2 aromatic carbocycles. The van der Waals surface area contributed by atoms with E-state index in [4.69, 9.17) is 4.74 Å². The van der Waals surface area contributed by atoms with E-state index in [2.05, 4.69) is 69.3 Å². The molecule has 0 spiro atoms. The summed E-state index contributed by atoms with van der Waals surface area (Å²) in [6.45, 7) is 7.68. The SMILES string of the molecule is CCCCCCC1CCC(c2ccc(-c3ccc(OCC(C)CCCCC)cc3)cc2)CC1. The molecule has 0 radical (unpaired) electrons. The average Bonchev–Trinajstić information content (AvgIpc) is 2.86. The van der Waals surface area contributed by atoms with Gasteiger partial charge in [-0.25, -0.2) is 0 Å². The number of benzene rings is 2. The fraction of sp³-hybridized carbons (Fsp3) is 0.625. The summed E-state index contributed by atoms with van der Waals surface area (Å²) in [5.41, 5.74) is 4.13. The van der Waals surface area contributed by atoms with Gasteiger partial charge < -0.3 is 4.74 Å². The van der Waals surface area contributed by atoms with Gasteiger partial charge in [-0.3, -0.25) is 0 Å². The van der Waals surface area contributed by atoms with Crippen molar-refractivity contribution in [3.05, 3.63) is 54.1 Å². The van der Waals surface area contributed by atoms with Gasteiger partial charge in [0, 0.05) is 0 Å². The number of hydrogen-bond acceptors (Lipinski definition) is 1. The molecule has 2 aromatic rings. The summed E-state index contributed by atoms with van der Waals surface area (Å²) in [6, 6.07) is 18.1. The van der Waals surface area contributed by atoms with E-state index in [0.29, 0.717) is 5.92 Å². The Kier molecular flexibility index (Phi) is 11.4. The zero-order valence-corrected chi connectivity index (χ0v) is 21.7. The van der Waals surface area contributed by atoms with Gasteiger partial charge in [-0.15, -0.1) is 0 Å². The van der Waals surface area contributed by atoms with E-state index >= 15 is 0 Å². The first-order valence-electron chi connectivity index (χ1n) is 14.0. The molecule has 0 amide bonds. The van der Waals surface area contributed by atoms with E-state index in [-0.39, 0.29) is 0 Å². The van der Waals surface area contributed by atoms with Gasteiger partial charge in [0.05, 0.1) is 6.61 Å². The van der Waals surface area contributed by atoms with E-state index in [1.807, 2.05) is 0 Å². The number of hydrogen-bond donors (Lipinski definition) is 0. The van der Waals surface area contributed by atoms with Crippen molar-refractivity contribution in [1.82, 2.24) is 0 Å². The Morgan fingerprint density at radius 3 is 1.97 bits per heavy atom. The maximum Gasteiger partial charge on any atom is 0.119 e. The molecule has 33 heavy (non-hydrogen) atoms. The molecule has 1 atom stereocenters. The summed E-state index contributed by atoms with van der Waals surface area (Å²) in [4.78, 5) is 0. The van der Waals surface area contributed by atoms with Crippen LogP contribution in [0.1, 0.15) is 116 Å². The summed E-state index contributed by atoms with van der Waals surface area (Å²) in [5.74, 6) is 3.36. The molecule has 0 saturated heterocycles. The molecule has 1 saturated carbocycles. The Labute approximate surface area is 204 Å². The third-order valence-electron chi connectivity index (χ3n) is 7.72. The minimum Gasteiger partial charge on any atom is -0.493 e. The predicted octanol–water partition coefficient (Wildman–Crippen LogP) is 10.2. The van der Waals surface area contributed by atoms with Gasteiger partial charge in [0.15, 0.2) is 0 Å².